The molecule has 1 saturated heterocycles. The maximum absolute atomic E-state index is 14.6. The molecule has 1 N–H and O–H groups in total. The first kappa shape index (κ1) is 18.9. The van der Waals surface area contributed by atoms with E-state index in [1.165, 1.54) is 12.5 Å². The monoisotopic (exact) mass is 361 g/mol. The Bertz CT molecular complexity index is 698. The molecule has 0 aliphatic carbocycles. The molecule has 0 amide bonds. The highest BCUT2D eigenvalue weighted by Gasteiger charge is 2.18. The van der Waals surface area contributed by atoms with Crippen LogP contribution < -0.4 is 4.74 Å². The summed E-state index contributed by atoms with van der Waals surface area (Å²) in [5, 5.41) is 7.17. The highest BCUT2D eigenvalue weighted by molar-refractivity contribution is 5.63. The predicted octanol–water partition coefficient (Wildman–Crippen LogP) is 4.01. The van der Waals surface area contributed by atoms with Crippen LogP contribution in [0.25, 0.3) is 11.3 Å². The van der Waals surface area contributed by atoms with Crippen molar-refractivity contribution < 1.29 is 13.9 Å². The first-order valence-electron chi connectivity index (χ1n) is 9.42. The van der Waals surface area contributed by atoms with Crippen molar-refractivity contribution in [3.8, 4) is 17.0 Å². The molecule has 1 aliphatic rings. The van der Waals surface area contributed by atoms with Crippen LogP contribution in [-0.2, 0) is 11.3 Å². The van der Waals surface area contributed by atoms with Gasteiger partial charge in [-0.2, -0.15) is 5.10 Å². The lowest BCUT2D eigenvalue weighted by atomic mass is 10.1. The van der Waals surface area contributed by atoms with E-state index >= 15 is 0 Å². The van der Waals surface area contributed by atoms with Crippen LogP contribution in [0.3, 0.4) is 0 Å². The van der Waals surface area contributed by atoms with Crippen molar-refractivity contribution in [3.63, 3.8) is 0 Å². The zero-order valence-electron chi connectivity index (χ0n) is 15.6. The predicted molar refractivity (Wildman–Crippen MR) is 99.7 cm³/mol. The molecule has 0 spiro atoms. The molecular weight excluding hydrogens is 333 g/mol. The second-order valence-corrected chi connectivity index (χ2v) is 6.94. The number of nitrogens with one attached hydrogen (secondary N) is 1. The van der Waals surface area contributed by atoms with Gasteiger partial charge in [0.05, 0.1) is 25.1 Å². The van der Waals surface area contributed by atoms with E-state index in [0.29, 0.717) is 19.0 Å². The molecular formula is C20H28FN3O2. The van der Waals surface area contributed by atoms with Crippen LogP contribution in [-0.4, -0.2) is 48.0 Å². The largest absolute Gasteiger partial charge is 0.487 e. The van der Waals surface area contributed by atoms with Gasteiger partial charge in [-0.15, -0.1) is 0 Å². The number of H-pyrrole nitrogens is 1. The zero-order chi connectivity index (χ0) is 18.4. The molecule has 1 aromatic heterocycles. The molecule has 1 aromatic carbocycles. The van der Waals surface area contributed by atoms with Crippen LogP contribution in [0.1, 0.15) is 38.2 Å². The second-order valence-electron chi connectivity index (χ2n) is 6.94. The van der Waals surface area contributed by atoms with E-state index in [1.54, 1.807) is 6.07 Å². The molecule has 5 nitrogen and oxygen atoms in total. The molecule has 26 heavy (non-hydrogen) atoms. The van der Waals surface area contributed by atoms with Gasteiger partial charge in [0.2, 0.25) is 0 Å². The summed E-state index contributed by atoms with van der Waals surface area (Å²) in [6.45, 7) is 5.35. The number of nitrogens with zero attached hydrogens (tertiary/aromatic N) is 2. The van der Waals surface area contributed by atoms with Gasteiger partial charge in [0.15, 0.2) is 11.6 Å². The minimum atomic E-state index is -0.339. The van der Waals surface area contributed by atoms with Crippen molar-refractivity contribution in [2.24, 2.45) is 0 Å². The van der Waals surface area contributed by atoms with E-state index in [2.05, 4.69) is 29.1 Å². The normalized spacial score (nSPS) is 15.5. The summed E-state index contributed by atoms with van der Waals surface area (Å²) in [7, 11) is 2.10. The summed E-state index contributed by atoms with van der Waals surface area (Å²) in [5.41, 5.74) is 2.73. The summed E-state index contributed by atoms with van der Waals surface area (Å²) >= 11 is 0. The Balaban J connectivity index is 1.70. The van der Waals surface area contributed by atoms with Gasteiger partial charge in [0.1, 0.15) is 6.10 Å². The smallest absolute Gasteiger partial charge is 0.165 e. The number of benzene rings is 1. The van der Waals surface area contributed by atoms with Gasteiger partial charge in [-0.05, 0) is 38.2 Å². The van der Waals surface area contributed by atoms with E-state index in [4.69, 9.17) is 9.47 Å². The minimum Gasteiger partial charge on any atom is -0.487 e. The fourth-order valence-corrected chi connectivity index (χ4v) is 3.20. The average molecular weight is 361 g/mol. The number of hydrogen-bond donors (Lipinski definition) is 1. The first-order chi connectivity index (χ1) is 12.7. The third kappa shape index (κ3) is 4.83. The number of aromatic amines is 1. The number of halogens is 1. The zero-order valence-corrected chi connectivity index (χ0v) is 15.6. The third-order valence-electron chi connectivity index (χ3n) is 4.73. The Morgan fingerprint density at radius 1 is 1.35 bits per heavy atom. The van der Waals surface area contributed by atoms with E-state index in [1.807, 2.05) is 12.3 Å². The molecule has 142 valence electrons. The standard InChI is InChI=1S/C20H28FN3O2/c1-3-4-9-24(2)14-16-13-22-23-20(16)15-5-6-19(18(21)12-15)26-17-7-10-25-11-8-17/h5-6,12-13,17H,3-4,7-11,14H2,1-2H3,(H,22,23). The van der Waals surface area contributed by atoms with E-state index < -0.39 is 0 Å². The third-order valence-corrected chi connectivity index (χ3v) is 4.73. The van der Waals surface area contributed by atoms with Gasteiger partial charge < -0.3 is 14.4 Å². The molecule has 0 saturated carbocycles. The van der Waals surface area contributed by atoms with Crippen molar-refractivity contribution in [3.05, 3.63) is 35.8 Å². The van der Waals surface area contributed by atoms with Crippen LogP contribution in [0.15, 0.2) is 24.4 Å². The van der Waals surface area contributed by atoms with Gasteiger partial charge in [0, 0.05) is 30.5 Å². The van der Waals surface area contributed by atoms with Crippen molar-refractivity contribution >= 4 is 0 Å². The lowest BCUT2D eigenvalue weighted by Gasteiger charge is -2.23. The van der Waals surface area contributed by atoms with Gasteiger partial charge in [0.25, 0.3) is 0 Å². The Labute approximate surface area is 154 Å². The molecule has 2 heterocycles. The highest BCUT2D eigenvalue weighted by Crippen LogP contribution is 2.28. The number of rotatable bonds is 8. The lowest BCUT2D eigenvalue weighted by molar-refractivity contribution is 0.0240. The Morgan fingerprint density at radius 2 is 2.15 bits per heavy atom. The van der Waals surface area contributed by atoms with Crippen LogP contribution in [0.5, 0.6) is 5.75 Å². The summed E-state index contributed by atoms with van der Waals surface area (Å²) in [4.78, 5) is 2.26. The Morgan fingerprint density at radius 3 is 2.88 bits per heavy atom. The van der Waals surface area contributed by atoms with Crippen LogP contribution in [0.4, 0.5) is 4.39 Å². The number of unbranched alkanes of at least 4 members (excludes halogenated alkanes) is 1. The molecule has 0 atom stereocenters. The maximum atomic E-state index is 14.6. The first-order valence-corrected chi connectivity index (χ1v) is 9.42. The quantitative estimate of drug-likeness (QED) is 0.772. The topological polar surface area (TPSA) is 50.4 Å². The summed E-state index contributed by atoms with van der Waals surface area (Å²) in [5.74, 6) is -0.0318. The van der Waals surface area contributed by atoms with Gasteiger partial charge in [-0.25, -0.2) is 4.39 Å². The lowest BCUT2D eigenvalue weighted by Crippen LogP contribution is -2.26. The number of aromatic nitrogens is 2. The van der Waals surface area contributed by atoms with Crippen LogP contribution in [0.2, 0.25) is 0 Å². The van der Waals surface area contributed by atoms with Crippen molar-refractivity contribution in [1.82, 2.24) is 15.1 Å². The molecule has 6 heteroatoms. The molecule has 1 aliphatic heterocycles. The summed E-state index contributed by atoms with van der Waals surface area (Å²) < 4.78 is 25.7. The summed E-state index contributed by atoms with van der Waals surface area (Å²) in [6.07, 6.45) is 5.78. The maximum Gasteiger partial charge on any atom is 0.165 e. The Kier molecular flexibility index (Phi) is 6.63. The van der Waals surface area contributed by atoms with Gasteiger partial charge >= 0.3 is 0 Å². The van der Waals surface area contributed by atoms with Crippen LogP contribution in [0, 0.1) is 5.82 Å². The molecule has 3 rings (SSSR count). The van der Waals surface area contributed by atoms with Gasteiger partial charge in [-0.3, -0.25) is 5.10 Å². The minimum absolute atomic E-state index is 0.0269. The van der Waals surface area contributed by atoms with Crippen LogP contribution >= 0.6 is 0 Å². The number of ether oxygens (including phenoxy) is 2. The average Bonchev–Trinajstić information content (AvgIpc) is 3.10. The highest BCUT2D eigenvalue weighted by atomic mass is 19.1. The van der Waals surface area contributed by atoms with E-state index in [9.17, 15) is 4.39 Å². The molecule has 0 unspecified atom stereocenters. The SMILES string of the molecule is CCCCN(C)Cc1cn[nH]c1-c1ccc(OC2CCOCC2)c(F)c1. The van der Waals surface area contributed by atoms with Gasteiger partial charge in [-0.1, -0.05) is 13.3 Å². The van der Waals surface area contributed by atoms with Crippen molar-refractivity contribution in [2.75, 3.05) is 26.8 Å². The van der Waals surface area contributed by atoms with E-state index in [-0.39, 0.29) is 11.9 Å². The fraction of sp³-hybridized carbons (Fsp3) is 0.550. The molecule has 0 radical (unpaired) electrons. The van der Waals surface area contributed by atoms with Crippen molar-refractivity contribution in [1.29, 1.82) is 0 Å². The fourth-order valence-electron chi connectivity index (χ4n) is 3.20. The Hall–Kier alpha value is -1.92. The molecule has 1 fully saturated rings. The van der Waals surface area contributed by atoms with Crippen molar-refractivity contribution in [2.45, 2.75) is 45.3 Å². The van der Waals surface area contributed by atoms with E-state index in [0.717, 1.165) is 49.2 Å². The summed E-state index contributed by atoms with van der Waals surface area (Å²) in [6, 6.07) is 5.13. The molecule has 2 aromatic rings. The second kappa shape index (κ2) is 9.14. The number of hydrogen-bond acceptors (Lipinski definition) is 4. The molecule has 0 bridgehead atoms.